The summed E-state index contributed by atoms with van der Waals surface area (Å²) in [5.41, 5.74) is 8.30. The number of anilines is 4. The number of carbonyl (C=O) groups is 1. The van der Waals surface area contributed by atoms with Crippen molar-refractivity contribution in [2.24, 2.45) is 0 Å². The molecule has 11 unspecified atom stereocenters. The Bertz CT molecular complexity index is 5070. The van der Waals surface area contributed by atoms with Crippen LogP contribution in [0.4, 0.5) is 28.1 Å². The highest BCUT2D eigenvalue weighted by Crippen LogP contribution is 2.41. The second-order valence-electron chi connectivity index (χ2n) is 24.3. The van der Waals surface area contributed by atoms with Crippen LogP contribution in [0, 0.1) is 0 Å². The number of nitrogens with zero attached hydrogens (tertiary/aromatic N) is 21. The molecule has 20 heterocycles. The van der Waals surface area contributed by atoms with Crippen molar-refractivity contribution in [1.82, 2.24) is 113 Å². The maximum atomic E-state index is 12.3. The number of aromatic nitrogens is 21. The zero-order valence-corrected chi connectivity index (χ0v) is 52.4. The number of nitrogens with two attached hydrogens (primary N) is 1. The number of hydrogen-bond acceptors (Lipinski definition) is 37. The number of hydrogen-bond donors (Lipinski definition) is 16. The van der Waals surface area contributed by atoms with Crippen LogP contribution in [0.1, 0.15) is 36.8 Å². The fourth-order valence-corrected chi connectivity index (χ4v) is 14.0. The van der Waals surface area contributed by atoms with Crippen molar-refractivity contribution < 1.29 is 84.4 Å². The van der Waals surface area contributed by atoms with Crippen molar-refractivity contribution in [2.45, 2.75) is 162 Å². The van der Waals surface area contributed by atoms with E-state index >= 15 is 0 Å². The molecule has 11 aliphatic rings. The number of halogens is 1. The molecule has 0 spiro atoms. The van der Waals surface area contributed by atoms with E-state index in [4.69, 9.17) is 34.3 Å². The third-order valence-corrected chi connectivity index (χ3v) is 18.8. The first-order chi connectivity index (χ1) is 47.5. The van der Waals surface area contributed by atoms with Crippen LogP contribution < -0.4 is 60.4 Å². The summed E-state index contributed by atoms with van der Waals surface area (Å²) in [7, 11) is 4.71. The van der Waals surface area contributed by atoms with Gasteiger partial charge in [0.1, 0.15) is 109 Å². The molecule has 0 saturated carbocycles. The standard InChI is InChI=1S/C10H12N6O5.C10H14N6O4.C10H12N6O4.C10H11N5O4.C10H10N4O5.ClH/c1-20-13-7-4-8-15(14-12-4)2-3-5(17)6(18)9(21-3)16(8)10(19)11-7;2*1-11-7-4-8-15(14-13-4)2-3-5(17)6(18)9(20-3)16(8)10(19)12-7;11-7-4-8-14(2-12-4)1-3-5(16)6(17)9(19-3)15(8)10(18)13-7;15-5-3-1-13-2-11-4-7(17)12-10(18)14(8(4)13)9(19-3)6(5)16;/h3,5-6,9,17-18H,2H2,1H3,(H,11,13,19);3,5-7,9,11,17-18H,2H2,1H3,(H,12,19);3,5-6,9,17-18H,2H2,1H3,(H,11,12,19);2-3,5-6,9,16-17H,1H2,(H2,11,13,18);2-3,5-6,9,15-16H,1H2,(H,12,17,18);1H/t3-,5?,6?,9-;3-,5?,6?,7?,9-;3*3-,5?,6?,9-;/m11111./s1. The van der Waals surface area contributed by atoms with Gasteiger partial charge in [-0.1, -0.05) is 15.6 Å². The van der Waals surface area contributed by atoms with Gasteiger partial charge in [-0.25, -0.2) is 76.6 Å². The number of urea groups is 1. The summed E-state index contributed by atoms with van der Waals surface area (Å²) < 4.78 is 40.1. The molecular weight excluding hydrogens is 1370 g/mol. The molecule has 21 atom stereocenters. The van der Waals surface area contributed by atoms with Crippen molar-refractivity contribution in [1.29, 1.82) is 0 Å². The van der Waals surface area contributed by atoms with Gasteiger partial charge in [0.05, 0.1) is 52.5 Å². The summed E-state index contributed by atoms with van der Waals surface area (Å²) in [5.74, 6) is 0.988. The number of fused-ring (bicyclic) bond motifs is 15. The van der Waals surface area contributed by atoms with E-state index in [1.807, 2.05) is 0 Å². The van der Waals surface area contributed by atoms with Gasteiger partial charge in [-0.05, 0) is 7.05 Å². The Morgan fingerprint density at radius 1 is 0.510 bits per heavy atom. The van der Waals surface area contributed by atoms with E-state index in [1.54, 1.807) is 23.2 Å². The van der Waals surface area contributed by atoms with E-state index in [0.29, 0.717) is 56.5 Å². The van der Waals surface area contributed by atoms with Gasteiger partial charge in [0.25, 0.3) is 5.56 Å². The Kier molecular flexibility index (Phi) is 16.2. The van der Waals surface area contributed by atoms with Gasteiger partial charge in [-0.3, -0.25) is 19.9 Å². The summed E-state index contributed by atoms with van der Waals surface area (Å²) in [6, 6.07) is -0.431. The van der Waals surface area contributed by atoms with Crippen LogP contribution in [0.5, 0.6) is 0 Å². The number of nitrogen functional groups attached to an aromatic ring is 1. The molecule has 0 aliphatic carbocycles. The molecular formula is C50H60ClN27O22. The van der Waals surface area contributed by atoms with E-state index in [9.17, 15) is 79.8 Å². The molecule has 100 heavy (non-hydrogen) atoms. The number of aromatic amines is 1. The van der Waals surface area contributed by atoms with E-state index in [-0.39, 0.29) is 62.3 Å². The summed E-state index contributed by atoms with van der Waals surface area (Å²) in [4.78, 5) is 99.9. The molecule has 5 fully saturated rings. The lowest BCUT2D eigenvalue weighted by atomic mass is 10.1. The molecule has 49 nitrogen and oxygen atoms in total. The van der Waals surface area contributed by atoms with Crippen molar-refractivity contribution >= 4 is 86.4 Å². The van der Waals surface area contributed by atoms with E-state index in [1.165, 1.54) is 47.8 Å². The first-order valence-corrected chi connectivity index (χ1v) is 30.4. The summed E-state index contributed by atoms with van der Waals surface area (Å²) >= 11 is 0. The average Bonchev–Trinajstić information content (AvgIpc) is 1.62. The zero-order chi connectivity index (χ0) is 69.4. The number of amides is 2. The van der Waals surface area contributed by atoms with Gasteiger partial charge in [0.2, 0.25) is 0 Å². The first-order valence-electron chi connectivity index (χ1n) is 30.4. The molecule has 2 amide bonds. The minimum Gasteiger partial charge on any atom is -0.387 e. The lowest BCUT2D eigenvalue weighted by Gasteiger charge is -2.35. The van der Waals surface area contributed by atoms with Gasteiger partial charge >= 0.3 is 28.8 Å². The quantitative estimate of drug-likeness (QED) is 0.0728. The Labute approximate surface area is 557 Å². The van der Waals surface area contributed by atoms with Crippen LogP contribution in [0.2, 0.25) is 0 Å². The Balaban J connectivity index is 0.000000101. The molecule has 9 aromatic rings. The van der Waals surface area contributed by atoms with Crippen molar-refractivity contribution in [2.75, 3.05) is 42.6 Å². The molecule has 50 heteroatoms. The van der Waals surface area contributed by atoms with Gasteiger partial charge in [0.15, 0.2) is 93.5 Å². The second kappa shape index (κ2) is 24.4. The number of carbonyl (C=O) groups excluding carboxylic acids is 1. The van der Waals surface area contributed by atoms with Crippen LogP contribution in [-0.4, -0.2) is 278 Å². The van der Waals surface area contributed by atoms with E-state index < -0.39 is 163 Å². The summed E-state index contributed by atoms with van der Waals surface area (Å²) in [6.07, 6.45) is -17.0. The number of imidazole rings is 2. The molecule has 10 bridgehead atoms. The monoisotopic (exact) mass is 1430 g/mol. The van der Waals surface area contributed by atoms with Crippen molar-refractivity contribution in [3.63, 3.8) is 0 Å². The maximum Gasteiger partial charge on any atom is 0.353 e. The van der Waals surface area contributed by atoms with E-state index in [2.05, 4.69) is 82.3 Å². The maximum absolute atomic E-state index is 12.3. The number of nitrogens with one attached hydrogen (secondary N) is 5. The lowest BCUT2D eigenvalue weighted by molar-refractivity contribution is -0.0357. The number of H-pyrrole nitrogens is 1. The Hall–Kier alpha value is -9.52. The number of rotatable bonds is 4. The van der Waals surface area contributed by atoms with Crippen molar-refractivity contribution in [3.8, 4) is 0 Å². The largest absolute Gasteiger partial charge is 0.387 e. The second-order valence-corrected chi connectivity index (χ2v) is 24.3. The number of aliphatic hydroxyl groups is 10. The normalized spacial score (nSPS) is 32.9. The molecule has 20 rings (SSSR count). The number of ether oxygens (including phenoxy) is 5. The van der Waals surface area contributed by atoms with Gasteiger partial charge in [0, 0.05) is 7.05 Å². The summed E-state index contributed by atoms with van der Waals surface area (Å²) in [5, 5.41) is 132. The van der Waals surface area contributed by atoms with Crippen LogP contribution in [0.3, 0.4) is 0 Å². The molecule has 0 radical (unpaired) electrons. The third kappa shape index (κ3) is 9.83. The van der Waals surface area contributed by atoms with E-state index in [0.717, 1.165) is 9.13 Å². The highest BCUT2D eigenvalue weighted by molar-refractivity contribution is 5.95. The van der Waals surface area contributed by atoms with Gasteiger partial charge in [-0.2, -0.15) is 15.0 Å². The molecule has 11 aliphatic heterocycles. The molecule has 17 N–H and O–H groups in total. The zero-order valence-electron chi connectivity index (χ0n) is 51.6. The molecule has 534 valence electrons. The number of aliphatic hydroxyl groups excluding tert-OH is 10. The van der Waals surface area contributed by atoms with Crippen molar-refractivity contribution in [3.05, 3.63) is 70.6 Å². The predicted molar refractivity (Wildman–Crippen MR) is 325 cm³/mol. The summed E-state index contributed by atoms with van der Waals surface area (Å²) in [6.45, 7) is 1.11. The highest BCUT2D eigenvalue weighted by atomic mass is 35.5. The van der Waals surface area contributed by atoms with Crippen LogP contribution in [-0.2, 0) is 61.2 Å². The third-order valence-electron chi connectivity index (χ3n) is 18.8. The Morgan fingerprint density at radius 3 is 1.44 bits per heavy atom. The average molecular weight is 1430 g/mol. The topological polar surface area (TPSA) is 639 Å². The Morgan fingerprint density at radius 2 is 0.930 bits per heavy atom. The fourth-order valence-electron chi connectivity index (χ4n) is 14.0. The first kappa shape index (κ1) is 66.4. The van der Waals surface area contributed by atoms with Gasteiger partial charge < -0.3 is 100 Å². The SMILES string of the molecule is CNC1NC(=O)N2c3c1nnn3C[C@H]1O[C@@H]2C(O)C1O.CNc1nc(=O)n2c3c1nnn3C[C@H]1O[C@@H]2C(O)C1O.CONc1nc(=O)n2c3c1nnn3C[C@H]1O[C@@H]2C(O)C1O.Cl.Nc1nc(=O)n2c3c1ncn3C[C@H]1O[C@@H]2C(O)C1O.O=c1[nH]c(=O)n2c3c1ncn3C[C@H]1O[C@@H]2C(O)C1O. The van der Waals surface area contributed by atoms with Crippen LogP contribution >= 0.6 is 12.4 Å². The molecule has 9 aromatic heterocycles. The molecule has 0 aromatic carbocycles. The minimum atomic E-state index is -1.22. The predicted octanol–water partition coefficient (Wildman–Crippen LogP) is -11.5. The minimum absolute atomic E-state index is 0. The van der Waals surface area contributed by atoms with Crippen LogP contribution in [0.25, 0.3) is 44.7 Å². The highest BCUT2D eigenvalue weighted by Gasteiger charge is 2.55. The fraction of sp³-hybridized carbons (Fsp3) is 0.580. The van der Waals surface area contributed by atoms with Crippen LogP contribution in [0.15, 0.2) is 36.6 Å². The molecule has 5 saturated heterocycles. The lowest BCUT2D eigenvalue weighted by Crippen LogP contribution is -2.57. The van der Waals surface area contributed by atoms with Gasteiger partial charge in [-0.15, -0.1) is 27.7 Å². The smallest absolute Gasteiger partial charge is 0.353 e.